The van der Waals surface area contributed by atoms with Crippen molar-refractivity contribution in [2.24, 2.45) is 0 Å². The van der Waals surface area contributed by atoms with Crippen LogP contribution in [-0.4, -0.2) is 28.9 Å². The van der Waals surface area contributed by atoms with Crippen LogP contribution in [0.3, 0.4) is 0 Å². The predicted molar refractivity (Wildman–Crippen MR) is 94.5 cm³/mol. The van der Waals surface area contributed by atoms with Crippen LogP contribution >= 0.6 is 0 Å². The van der Waals surface area contributed by atoms with Gasteiger partial charge in [-0.05, 0) is 30.3 Å². The van der Waals surface area contributed by atoms with Crippen molar-refractivity contribution in [1.82, 2.24) is 14.8 Å². The molecule has 0 saturated heterocycles. The van der Waals surface area contributed by atoms with E-state index in [-0.39, 0.29) is 16.9 Å². The molecule has 30 heavy (non-hydrogen) atoms. The Kier molecular flexibility index (Phi) is 5.39. The Bertz CT molecular complexity index is 1180. The van der Waals surface area contributed by atoms with E-state index in [2.05, 4.69) is 10.1 Å². The molecular weight excluding hydrogens is 436 g/mol. The molecule has 2 aromatic heterocycles. The third-order valence-corrected chi connectivity index (χ3v) is 5.97. The van der Waals surface area contributed by atoms with E-state index in [1.54, 1.807) is 0 Å². The number of hydrogen-bond donors (Lipinski definition) is 0. The zero-order chi connectivity index (χ0) is 22.3. The molecule has 0 saturated carbocycles. The van der Waals surface area contributed by atoms with Gasteiger partial charge in [-0.1, -0.05) is 6.92 Å². The summed E-state index contributed by atoms with van der Waals surface area (Å²) >= 11 is 0. The molecule has 3 rings (SSSR count). The normalized spacial score (nSPS) is 12.9. The Hall–Kier alpha value is -2.89. The molecule has 12 heteroatoms. The number of nitrogens with zero attached hydrogens (tertiary/aromatic N) is 3. The lowest BCUT2D eigenvalue weighted by Gasteiger charge is -2.13. The average molecular weight is 449 g/mol. The highest BCUT2D eigenvalue weighted by atomic mass is 32.2. The minimum Gasteiger partial charge on any atom is -0.256 e. The van der Waals surface area contributed by atoms with Crippen molar-refractivity contribution >= 4 is 9.84 Å². The molecule has 5 nitrogen and oxygen atoms in total. The molecule has 0 atom stereocenters. The highest BCUT2D eigenvalue weighted by molar-refractivity contribution is 7.91. The van der Waals surface area contributed by atoms with Crippen LogP contribution in [0.25, 0.3) is 16.9 Å². The molecule has 2 heterocycles. The lowest BCUT2D eigenvalue weighted by atomic mass is 10.1. The van der Waals surface area contributed by atoms with E-state index in [1.807, 2.05) is 0 Å². The van der Waals surface area contributed by atoms with E-state index in [1.165, 1.54) is 13.1 Å². The summed E-state index contributed by atoms with van der Waals surface area (Å²) in [6.45, 7) is 1.28. The minimum absolute atomic E-state index is 0.0807. The first kappa shape index (κ1) is 21.8. The summed E-state index contributed by atoms with van der Waals surface area (Å²) in [7, 11) is -4.07. The van der Waals surface area contributed by atoms with Crippen molar-refractivity contribution in [3.8, 4) is 16.9 Å². The summed E-state index contributed by atoms with van der Waals surface area (Å²) in [5.41, 5.74) is -2.21. The van der Waals surface area contributed by atoms with Gasteiger partial charge >= 0.3 is 12.4 Å². The number of pyridine rings is 1. The third kappa shape index (κ3) is 4.32. The van der Waals surface area contributed by atoms with Crippen molar-refractivity contribution in [1.29, 1.82) is 0 Å². The zero-order valence-electron chi connectivity index (χ0n) is 15.2. The number of halogens is 6. The fraction of sp³-hybridized carbons (Fsp3) is 0.222. The summed E-state index contributed by atoms with van der Waals surface area (Å²) in [5, 5.41) is 3.90. The van der Waals surface area contributed by atoms with E-state index in [0.717, 1.165) is 35.3 Å². The fourth-order valence-electron chi connectivity index (χ4n) is 2.64. The van der Waals surface area contributed by atoms with Gasteiger partial charge in [0.25, 0.3) is 0 Å². The first-order valence-corrected chi connectivity index (χ1v) is 10.0. The van der Waals surface area contributed by atoms with Crippen LogP contribution in [0.1, 0.15) is 18.1 Å². The smallest absolute Gasteiger partial charge is 0.256 e. The molecule has 0 unspecified atom stereocenters. The second-order valence-electron chi connectivity index (χ2n) is 6.18. The Balaban J connectivity index is 2.12. The summed E-state index contributed by atoms with van der Waals surface area (Å²) < 4.78 is 104. The first-order valence-electron chi connectivity index (χ1n) is 8.35. The van der Waals surface area contributed by atoms with Gasteiger partial charge in [0.05, 0.1) is 39.4 Å². The number of hydrogen-bond acceptors (Lipinski definition) is 4. The van der Waals surface area contributed by atoms with Crippen LogP contribution in [-0.2, 0) is 22.2 Å². The Morgan fingerprint density at radius 3 is 2.20 bits per heavy atom. The quantitative estimate of drug-likeness (QED) is 0.539. The Labute approximate surface area is 166 Å². The van der Waals surface area contributed by atoms with Crippen molar-refractivity contribution in [3.05, 3.63) is 60.0 Å². The van der Waals surface area contributed by atoms with Gasteiger partial charge in [-0.15, -0.1) is 0 Å². The van der Waals surface area contributed by atoms with Gasteiger partial charge in [0, 0.05) is 18.0 Å². The Morgan fingerprint density at radius 1 is 0.967 bits per heavy atom. The maximum Gasteiger partial charge on any atom is 0.416 e. The molecule has 0 fully saturated rings. The molecule has 160 valence electrons. The minimum atomic E-state index is -4.76. The second-order valence-corrected chi connectivity index (χ2v) is 8.43. The maximum absolute atomic E-state index is 13.0. The molecular formula is C18H13F6N3O2S. The summed E-state index contributed by atoms with van der Waals surface area (Å²) in [6, 6.07) is 3.74. The number of benzene rings is 1. The average Bonchev–Trinajstić information content (AvgIpc) is 3.16. The number of alkyl halides is 6. The maximum atomic E-state index is 13.0. The van der Waals surface area contributed by atoms with Crippen molar-refractivity contribution in [3.63, 3.8) is 0 Å². The van der Waals surface area contributed by atoms with Gasteiger partial charge in [-0.2, -0.15) is 31.4 Å². The number of aromatic nitrogens is 3. The van der Waals surface area contributed by atoms with Gasteiger partial charge in [-0.25, -0.2) is 13.1 Å². The molecule has 0 N–H and O–H groups in total. The standard InChI is InChI=1S/C18H13F6N3O2S/c1-2-30(28,29)16-8-12(17(19,20)21)3-4-15(16)27-10-11(9-26-27)14-7-13(5-6-25-14)18(22,23)24/h3-10H,2H2,1H3. The summed E-state index contributed by atoms with van der Waals surface area (Å²) in [4.78, 5) is 3.25. The van der Waals surface area contributed by atoms with Gasteiger partial charge in [-0.3, -0.25) is 4.98 Å². The van der Waals surface area contributed by atoms with Crippen molar-refractivity contribution < 1.29 is 34.8 Å². The molecule has 0 aliphatic rings. The molecule has 0 radical (unpaired) electrons. The largest absolute Gasteiger partial charge is 0.416 e. The number of sulfone groups is 1. The van der Waals surface area contributed by atoms with Crippen LogP contribution in [0.4, 0.5) is 26.3 Å². The SMILES string of the molecule is CCS(=O)(=O)c1cc(C(F)(F)F)ccc1-n1cc(-c2cc(C(F)(F)F)ccn2)cn1. The van der Waals surface area contributed by atoms with E-state index < -0.39 is 44.0 Å². The zero-order valence-corrected chi connectivity index (χ0v) is 16.0. The molecule has 0 aliphatic carbocycles. The molecule has 0 spiro atoms. The molecule has 0 aliphatic heterocycles. The summed E-state index contributed by atoms with van der Waals surface area (Å²) in [5.74, 6) is -0.454. The third-order valence-electron chi connectivity index (χ3n) is 4.21. The molecule has 0 amide bonds. The molecule has 3 aromatic rings. The first-order chi connectivity index (χ1) is 13.8. The lowest BCUT2D eigenvalue weighted by Crippen LogP contribution is -2.13. The molecule has 0 bridgehead atoms. The predicted octanol–water partition coefficient (Wildman–Crippen LogP) is 4.77. The second kappa shape index (κ2) is 7.42. The van der Waals surface area contributed by atoms with Gasteiger partial charge < -0.3 is 0 Å². The van der Waals surface area contributed by atoms with Crippen molar-refractivity contribution in [2.45, 2.75) is 24.2 Å². The van der Waals surface area contributed by atoms with Crippen molar-refractivity contribution in [2.75, 3.05) is 5.75 Å². The van der Waals surface area contributed by atoms with E-state index >= 15 is 0 Å². The van der Waals surface area contributed by atoms with Crippen LogP contribution in [0.5, 0.6) is 0 Å². The summed E-state index contributed by atoms with van der Waals surface area (Å²) in [6.07, 6.45) is -6.06. The monoisotopic (exact) mass is 449 g/mol. The highest BCUT2D eigenvalue weighted by Gasteiger charge is 2.33. The van der Waals surface area contributed by atoms with Gasteiger partial charge in [0.15, 0.2) is 9.84 Å². The van der Waals surface area contributed by atoms with E-state index in [9.17, 15) is 34.8 Å². The van der Waals surface area contributed by atoms with Crippen LogP contribution < -0.4 is 0 Å². The van der Waals surface area contributed by atoms with Crippen LogP contribution in [0.15, 0.2) is 53.8 Å². The Morgan fingerprint density at radius 2 is 1.60 bits per heavy atom. The van der Waals surface area contributed by atoms with Crippen LogP contribution in [0, 0.1) is 0 Å². The van der Waals surface area contributed by atoms with Gasteiger partial charge in [0.1, 0.15) is 0 Å². The fourth-order valence-corrected chi connectivity index (χ4v) is 3.73. The number of rotatable bonds is 4. The topological polar surface area (TPSA) is 64.8 Å². The van der Waals surface area contributed by atoms with E-state index in [0.29, 0.717) is 12.1 Å². The molecule has 1 aromatic carbocycles. The van der Waals surface area contributed by atoms with Gasteiger partial charge in [0.2, 0.25) is 0 Å². The lowest BCUT2D eigenvalue weighted by molar-refractivity contribution is -0.138. The van der Waals surface area contributed by atoms with Crippen LogP contribution in [0.2, 0.25) is 0 Å². The van der Waals surface area contributed by atoms with E-state index in [4.69, 9.17) is 0 Å². The highest BCUT2D eigenvalue weighted by Crippen LogP contribution is 2.34.